The maximum Gasteiger partial charge on any atom is 0.417 e. The molecule has 6 heteroatoms. The molecule has 1 aromatic heterocycles. The van der Waals surface area contributed by atoms with Crippen molar-refractivity contribution in [2.75, 3.05) is 5.32 Å². The van der Waals surface area contributed by atoms with Gasteiger partial charge in [0.15, 0.2) is 0 Å². The van der Waals surface area contributed by atoms with E-state index in [0.717, 1.165) is 5.56 Å². The first-order chi connectivity index (χ1) is 10.9. The summed E-state index contributed by atoms with van der Waals surface area (Å²) in [4.78, 5) is 13.9. The summed E-state index contributed by atoms with van der Waals surface area (Å²) in [5.74, 6) is 0. The summed E-state index contributed by atoms with van der Waals surface area (Å²) >= 11 is 0. The molecule has 0 saturated heterocycles. The zero-order valence-electron chi connectivity index (χ0n) is 11.9. The zero-order chi connectivity index (χ0) is 16.4. The van der Waals surface area contributed by atoms with Crippen molar-refractivity contribution < 1.29 is 13.2 Å². The van der Waals surface area contributed by atoms with Crippen LogP contribution < -0.4 is 10.9 Å². The fraction of sp³-hybridized carbons (Fsp3) is 0.118. The number of anilines is 1. The van der Waals surface area contributed by atoms with Gasteiger partial charge in [-0.3, -0.25) is 4.79 Å². The number of nitrogens with one attached hydrogen (secondary N) is 2. The van der Waals surface area contributed by atoms with E-state index in [1.807, 2.05) is 30.3 Å². The lowest BCUT2D eigenvalue weighted by molar-refractivity contribution is -0.136. The second kappa shape index (κ2) is 5.79. The molecule has 0 aliphatic carbocycles. The highest BCUT2D eigenvalue weighted by Crippen LogP contribution is 2.33. The van der Waals surface area contributed by atoms with Crippen molar-refractivity contribution in [1.29, 1.82) is 0 Å². The molecule has 0 fully saturated rings. The van der Waals surface area contributed by atoms with Crippen LogP contribution in [-0.2, 0) is 12.7 Å². The monoisotopic (exact) mass is 318 g/mol. The number of hydrogen-bond donors (Lipinski definition) is 2. The maximum atomic E-state index is 13.0. The Balaban J connectivity index is 1.95. The van der Waals surface area contributed by atoms with E-state index in [-0.39, 0.29) is 10.9 Å². The van der Waals surface area contributed by atoms with Crippen LogP contribution in [0, 0.1) is 0 Å². The molecule has 2 N–H and O–H groups in total. The largest absolute Gasteiger partial charge is 0.417 e. The van der Waals surface area contributed by atoms with Crippen molar-refractivity contribution in [2.45, 2.75) is 12.7 Å². The van der Waals surface area contributed by atoms with Crippen LogP contribution in [-0.4, -0.2) is 4.98 Å². The van der Waals surface area contributed by atoms with E-state index in [4.69, 9.17) is 0 Å². The number of rotatable bonds is 3. The quantitative estimate of drug-likeness (QED) is 0.761. The van der Waals surface area contributed by atoms with Gasteiger partial charge in [0.05, 0.1) is 11.1 Å². The van der Waals surface area contributed by atoms with Crippen molar-refractivity contribution in [2.24, 2.45) is 0 Å². The Morgan fingerprint density at radius 2 is 1.74 bits per heavy atom. The van der Waals surface area contributed by atoms with Crippen molar-refractivity contribution in [3.8, 4) is 0 Å². The number of fused-ring (bicyclic) bond motifs is 1. The fourth-order valence-corrected chi connectivity index (χ4v) is 2.40. The molecule has 0 spiro atoms. The number of pyridine rings is 1. The molecule has 0 aliphatic rings. The number of H-pyrrole nitrogens is 1. The van der Waals surface area contributed by atoms with Gasteiger partial charge in [-0.2, -0.15) is 13.2 Å². The molecule has 2 aromatic carbocycles. The van der Waals surface area contributed by atoms with E-state index < -0.39 is 17.3 Å². The van der Waals surface area contributed by atoms with E-state index in [1.54, 1.807) is 6.07 Å². The van der Waals surface area contributed by atoms with E-state index >= 15 is 0 Å². The van der Waals surface area contributed by atoms with Gasteiger partial charge in [0.2, 0.25) is 5.56 Å². The normalized spacial score (nSPS) is 11.6. The molecular weight excluding hydrogens is 305 g/mol. The number of benzene rings is 2. The summed E-state index contributed by atoms with van der Waals surface area (Å²) in [6.45, 7) is 0.537. The molecule has 0 atom stereocenters. The van der Waals surface area contributed by atoms with E-state index in [0.29, 0.717) is 18.3 Å². The third-order valence-electron chi connectivity index (χ3n) is 3.49. The molecule has 0 amide bonds. The summed E-state index contributed by atoms with van der Waals surface area (Å²) < 4.78 is 39.0. The highest BCUT2D eigenvalue weighted by molar-refractivity contribution is 5.85. The van der Waals surface area contributed by atoms with Crippen LogP contribution in [0.1, 0.15) is 11.1 Å². The average molecular weight is 318 g/mol. The second-order valence-corrected chi connectivity index (χ2v) is 5.14. The molecule has 23 heavy (non-hydrogen) atoms. The van der Waals surface area contributed by atoms with Crippen LogP contribution in [0.3, 0.4) is 0 Å². The molecule has 0 unspecified atom stereocenters. The van der Waals surface area contributed by atoms with Crippen LogP contribution in [0.15, 0.2) is 59.4 Å². The minimum absolute atomic E-state index is 0.0256. The molecule has 0 aliphatic heterocycles. The molecule has 0 bridgehead atoms. The molecule has 3 rings (SSSR count). The van der Waals surface area contributed by atoms with Gasteiger partial charge in [0.1, 0.15) is 0 Å². The standard InChI is InChI=1S/C17H13F3N2O/c18-17(19,20)14-9-16(23)22-15-8-12(6-7-13(14)15)21-10-11-4-2-1-3-5-11/h1-9,21H,10H2,(H,22,23). The van der Waals surface area contributed by atoms with Gasteiger partial charge in [-0.25, -0.2) is 0 Å². The van der Waals surface area contributed by atoms with Gasteiger partial charge in [-0.15, -0.1) is 0 Å². The van der Waals surface area contributed by atoms with Gasteiger partial charge in [0.25, 0.3) is 0 Å². The summed E-state index contributed by atoms with van der Waals surface area (Å²) in [6, 6.07) is 14.6. The molecule has 3 nitrogen and oxygen atoms in total. The topological polar surface area (TPSA) is 44.9 Å². The predicted molar refractivity (Wildman–Crippen MR) is 83.3 cm³/mol. The van der Waals surface area contributed by atoms with Gasteiger partial charge >= 0.3 is 6.18 Å². The van der Waals surface area contributed by atoms with Gasteiger partial charge < -0.3 is 10.3 Å². The Labute approximate surface area is 129 Å². The summed E-state index contributed by atoms with van der Waals surface area (Å²) in [5.41, 5.74) is 0.139. The third-order valence-corrected chi connectivity index (χ3v) is 3.49. The van der Waals surface area contributed by atoms with Crippen LogP contribution in [0.4, 0.5) is 18.9 Å². The maximum absolute atomic E-state index is 13.0. The minimum Gasteiger partial charge on any atom is -0.381 e. The Morgan fingerprint density at radius 3 is 2.43 bits per heavy atom. The molecule has 1 heterocycles. The van der Waals surface area contributed by atoms with Crippen LogP contribution in [0.5, 0.6) is 0 Å². The number of aromatic nitrogens is 1. The first-order valence-electron chi connectivity index (χ1n) is 6.95. The van der Waals surface area contributed by atoms with Gasteiger partial charge in [0, 0.05) is 23.7 Å². The van der Waals surface area contributed by atoms with Gasteiger partial charge in [-0.05, 0) is 17.7 Å². The first-order valence-corrected chi connectivity index (χ1v) is 6.95. The summed E-state index contributed by atoms with van der Waals surface area (Å²) in [7, 11) is 0. The number of aromatic amines is 1. The molecule has 118 valence electrons. The Kier molecular flexibility index (Phi) is 3.82. The highest BCUT2D eigenvalue weighted by Gasteiger charge is 2.33. The Morgan fingerprint density at radius 1 is 1.00 bits per heavy atom. The van der Waals surface area contributed by atoms with Crippen molar-refractivity contribution in [3.05, 3.63) is 76.1 Å². The molecule has 0 saturated carbocycles. The Bertz CT molecular complexity index is 886. The van der Waals surface area contributed by atoms with E-state index in [1.165, 1.54) is 12.1 Å². The smallest absolute Gasteiger partial charge is 0.381 e. The minimum atomic E-state index is -4.56. The first kappa shape index (κ1) is 15.1. The molecular formula is C17H13F3N2O. The number of alkyl halides is 3. The van der Waals surface area contributed by atoms with Crippen LogP contribution >= 0.6 is 0 Å². The Hall–Kier alpha value is -2.76. The zero-order valence-corrected chi connectivity index (χ0v) is 11.9. The van der Waals surface area contributed by atoms with Crippen LogP contribution in [0.2, 0.25) is 0 Å². The van der Waals surface area contributed by atoms with Crippen molar-refractivity contribution in [3.63, 3.8) is 0 Å². The van der Waals surface area contributed by atoms with Crippen molar-refractivity contribution >= 4 is 16.6 Å². The van der Waals surface area contributed by atoms with Crippen LogP contribution in [0.25, 0.3) is 10.9 Å². The van der Waals surface area contributed by atoms with Crippen molar-refractivity contribution in [1.82, 2.24) is 4.98 Å². The lowest BCUT2D eigenvalue weighted by Gasteiger charge is -2.12. The lowest BCUT2D eigenvalue weighted by atomic mass is 10.1. The average Bonchev–Trinajstić information content (AvgIpc) is 2.52. The lowest BCUT2D eigenvalue weighted by Crippen LogP contribution is -2.14. The molecule has 3 aromatic rings. The highest BCUT2D eigenvalue weighted by atomic mass is 19.4. The fourth-order valence-electron chi connectivity index (χ4n) is 2.40. The summed E-state index contributed by atoms with van der Waals surface area (Å²) in [6.07, 6.45) is -4.56. The number of halogens is 3. The third kappa shape index (κ3) is 3.36. The second-order valence-electron chi connectivity index (χ2n) is 5.14. The molecule has 0 radical (unpaired) electrons. The van der Waals surface area contributed by atoms with E-state index in [2.05, 4.69) is 10.3 Å². The summed E-state index contributed by atoms with van der Waals surface area (Å²) in [5, 5.41) is 3.10. The predicted octanol–water partition coefficient (Wildman–Crippen LogP) is 4.16. The SMILES string of the molecule is O=c1cc(C(F)(F)F)c2ccc(NCc3ccccc3)cc2[nH]1. The van der Waals surface area contributed by atoms with E-state index in [9.17, 15) is 18.0 Å². The number of hydrogen-bond acceptors (Lipinski definition) is 2. The van der Waals surface area contributed by atoms with Gasteiger partial charge in [-0.1, -0.05) is 36.4 Å².